The molecule has 0 saturated carbocycles. The number of rotatable bonds is 5. The first kappa shape index (κ1) is 18.4. The normalized spacial score (nSPS) is 10.6. The van der Waals surface area contributed by atoms with Gasteiger partial charge in [-0.3, -0.25) is 4.79 Å². The fraction of sp³-hybridized carbons (Fsp3) is 0.0909. The third-order valence-corrected chi connectivity index (χ3v) is 4.57. The second-order valence-electron chi connectivity index (χ2n) is 6.68. The molecule has 2 aromatic heterocycles. The van der Waals surface area contributed by atoms with Crippen LogP contribution in [0.5, 0.6) is 0 Å². The molecule has 2 heterocycles. The minimum atomic E-state index is -0.131. The van der Waals surface area contributed by atoms with Crippen LogP contribution in [0.4, 0.5) is 17.2 Å². The molecule has 0 saturated heterocycles. The van der Waals surface area contributed by atoms with Gasteiger partial charge in [-0.2, -0.15) is 5.10 Å². The summed E-state index contributed by atoms with van der Waals surface area (Å²) >= 11 is 0. The van der Waals surface area contributed by atoms with Gasteiger partial charge in [0, 0.05) is 29.3 Å². The van der Waals surface area contributed by atoms with Crippen molar-refractivity contribution in [2.24, 2.45) is 0 Å². The topological polar surface area (TPSA) is 84.7 Å². The maximum Gasteiger partial charge on any atom is 0.255 e. The molecule has 0 fully saturated rings. The largest absolute Gasteiger partial charge is 0.339 e. The Bertz CT molecular complexity index is 1120. The molecular weight excluding hydrogens is 364 g/mol. The Hall–Kier alpha value is -4.00. The van der Waals surface area contributed by atoms with Gasteiger partial charge in [0.15, 0.2) is 11.6 Å². The molecule has 0 aliphatic carbocycles. The summed E-state index contributed by atoms with van der Waals surface area (Å²) in [6, 6.07) is 18.6. The van der Waals surface area contributed by atoms with E-state index in [4.69, 9.17) is 0 Å². The number of nitrogens with one attached hydrogen (secondary N) is 2. The van der Waals surface area contributed by atoms with E-state index in [0.29, 0.717) is 17.2 Å². The molecule has 7 heteroatoms. The maximum atomic E-state index is 12.4. The van der Waals surface area contributed by atoms with Crippen LogP contribution in [0.1, 0.15) is 21.5 Å². The third kappa shape index (κ3) is 4.30. The van der Waals surface area contributed by atoms with E-state index >= 15 is 0 Å². The highest BCUT2D eigenvalue weighted by Crippen LogP contribution is 2.19. The summed E-state index contributed by atoms with van der Waals surface area (Å²) in [6.45, 7) is 4.02. The van der Waals surface area contributed by atoms with E-state index in [2.05, 4.69) is 25.9 Å². The monoisotopic (exact) mass is 384 g/mol. The maximum absolute atomic E-state index is 12.4. The van der Waals surface area contributed by atoms with Crippen molar-refractivity contribution in [3.05, 3.63) is 89.7 Å². The van der Waals surface area contributed by atoms with Crippen LogP contribution in [-0.4, -0.2) is 25.9 Å². The van der Waals surface area contributed by atoms with E-state index in [1.165, 1.54) is 0 Å². The van der Waals surface area contributed by atoms with Gasteiger partial charge < -0.3 is 10.6 Å². The summed E-state index contributed by atoms with van der Waals surface area (Å²) in [4.78, 5) is 12.4. The first-order valence-corrected chi connectivity index (χ1v) is 9.18. The predicted molar refractivity (Wildman–Crippen MR) is 113 cm³/mol. The summed E-state index contributed by atoms with van der Waals surface area (Å²) < 4.78 is 1.64. The number of carbonyl (C=O) groups is 1. The highest BCUT2D eigenvalue weighted by Gasteiger charge is 2.07. The molecule has 0 bridgehead atoms. The molecule has 29 heavy (non-hydrogen) atoms. The Morgan fingerprint density at radius 3 is 2.34 bits per heavy atom. The molecule has 0 atom stereocenters. The molecule has 4 aromatic rings. The van der Waals surface area contributed by atoms with Gasteiger partial charge in [0.25, 0.3) is 5.91 Å². The quantitative estimate of drug-likeness (QED) is 0.537. The number of aromatic nitrogens is 4. The van der Waals surface area contributed by atoms with Crippen LogP contribution in [0.3, 0.4) is 0 Å². The van der Waals surface area contributed by atoms with Gasteiger partial charge in [0.1, 0.15) is 0 Å². The van der Waals surface area contributed by atoms with E-state index < -0.39 is 0 Å². The average molecular weight is 384 g/mol. The molecule has 0 unspecified atom stereocenters. The zero-order valence-electron chi connectivity index (χ0n) is 16.1. The minimum absolute atomic E-state index is 0.131. The van der Waals surface area contributed by atoms with Crippen LogP contribution in [0.15, 0.2) is 73.1 Å². The Morgan fingerprint density at radius 1 is 0.897 bits per heavy atom. The highest BCUT2D eigenvalue weighted by molar-refractivity contribution is 6.04. The zero-order chi connectivity index (χ0) is 20.2. The van der Waals surface area contributed by atoms with Crippen molar-refractivity contribution in [2.45, 2.75) is 13.8 Å². The van der Waals surface area contributed by atoms with Gasteiger partial charge in [0.05, 0.1) is 0 Å². The number of amides is 1. The molecule has 144 valence electrons. The van der Waals surface area contributed by atoms with E-state index in [1.54, 1.807) is 10.9 Å². The van der Waals surface area contributed by atoms with Crippen LogP contribution >= 0.6 is 0 Å². The van der Waals surface area contributed by atoms with E-state index in [9.17, 15) is 4.79 Å². The predicted octanol–water partition coefficient (Wildman–Crippen LogP) is 4.28. The summed E-state index contributed by atoms with van der Waals surface area (Å²) in [5.41, 5.74) is 4.46. The van der Waals surface area contributed by atoms with Crippen molar-refractivity contribution in [3.8, 4) is 5.82 Å². The number of nitrogens with zero attached hydrogens (tertiary/aromatic N) is 4. The number of hydrogen-bond donors (Lipinski definition) is 2. The van der Waals surface area contributed by atoms with Crippen molar-refractivity contribution in [1.82, 2.24) is 20.0 Å². The van der Waals surface area contributed by atoms with Crippen molar-refractivity contribution >= 4 is 23.1 Å². The van der Waals surface area contributed by atoms with Gasteiger partial charge in [0.2, 0.25) is 0 Å². The van der Waals surface area contributed by atoms with Crippen LogP contribution in [0.2, 0.25) is 0 Å². The smallest absolute Gasteiger partial charge is 0.255 e. The van der Waals surface area contributed by atoms with Crippen LogP contribution in [0.25, 0.3) is 5.82 Å². The van der Waals surface area contributed by atoms with Crippen molar-refractivity contribution in [3.63, 3.8) is 0 Å². The van der Waals surface area contributed by atoms with Gasteiger partial charge in [-0.05, 0) is 79.6 Å². The number of benzene rings is 2. The number of carbonyl (C=O) groups excluding carboxylic acids is 1. The highest BCUT2D eigenvalue weighted by atomic mass is 16.1. The van der Waals surface area contributed by atoms with Crippen LogP contribution in [0, 0.1) is 13.8 Å². The van der Waals surface area contributed by atoms with Crippen LogP contribution in [-0.2, 0) is 0 Å². The Balaban J connectivity index is 1.40. The molecule has 4 rings (SSSR count). The number of aryl methyl sites for hydroxylation is 2. The number of hydrogen-bond acceptors (Lipinski definition) is 5. The van der Waals surface area contributed by atoms with Crippen molar-refractivity contribution in [1.29, 1.82) is 0 Å². The molecule has 0 spiro atoms. The third-order valence-electron chi connectivity index (χ3n) is 4.57. The van der Waals surface area contributed by atoms with Crippen molar-refractivity contribution in [2.75, 3.05) is 10.6 Å². The number of anilines is 3. The average Bonchev–Trinajstić information content (AvgIpc) is 3.27. The SMILES string of the molecule is Cc1ccc(C(=O)Nc2ccc(Nc3ccc(-n4cccn4)nn3)cc2)cc1C. The van der Waals surface area contributed by atoms with Gasteiger partial charge in [-0.1, -0.05) is 6.07 Å². The van der Waals surface area contributed by atoms with Gasteiger partial charge in [-0.25, -0.2) is 4.68 Å². The summed E-state index contributed by atoms with van der Waals surface area (Å²) in [5, 5.41) is 18.5. The molecule has 0 radical (unpaired) electrons. The molecular formula is C22H20N6O. The molecule has 7 nitrogen and oxygen atoms in total. The van der Waals surface area contributed by atoms with E-state index in [-0.39, 0.29) is 5.91 Å². The lowest BCUT2D eigenvalue weighted by atomic mass is 10.1. The Kier molecular flexibility index (Phi) is 5.03. The summed E-state index contributed by atoms with van der Waals surface area (Å²) in [7, 11) is 0. The fourth-order valence-electron chi connectivity index (χ4n) is 2.79. The van der Waals surface area contributed by atoms with Gasteiger partial charge in [-0.15, -0.1) is 10.2 Å². The minimum Gasteiger partial charge on any atom is -0.339 e. The lowest BCUT2D eigenvalue weighted by Crippen LogP contribution is -2.12. The van der Waals surface area contributed by atoms with Crippen molar-refractivity contribution < 1.29 is 4.79 Å². The van der Waals surface area contributed by atoms with Gasteiger partial charge >= 0.3 is 0 Å². The standard InChI is InChI=1S/C22H20N6O/c1-15-4-5-17(14-16(15)2)22(29)25-19-8-6-18(7-9-19)24-20-10-11-21(27-26-20)28-13-3-12-23-28/h3-14H,1-2H3,(H,24,26)(H,25,29). The van der Waals surface area contributed by atoms with E-state index in [0.717, 1.165) is 22.5 Å². The molecule has 1 amide bonds. The van der Waals surface area contributed by atoms with Crippen LogP contribution < -0.4 is 10.6 Å². The fourth-order valence-corrected chi connectivity index (χ4v) is 2.79. The Morgan fingerprint density at radius 2 is 1.69 bits per heavy atom. The first-order valence-electron chi connectivity index (χ1n) is 9.18. The lowest BCUT2D eigenvalue weighted by Gasteiger charge is -2.09. The zero-order valence-corrected chi connectivity index (χ0v) is 16.1. The van der Waals surface area contributed by atoms with E-state index in [1.807, 2.05) is 80.7 Å². The second kappa shape index (κ2) is 7.93. The Labute approximate surface area is 168 Å². The molecule has 2 N–H and O–H groups in total. The molecule has 2 aromatic carbocycles. The molecule has 0 aliphatic rings. The summed E-state index contributed by atoms with van der Waals surface area (Å²) in [6.07, 6.45) is 3.50. The second-order valence-corrected chi connectivity index (χ2v) is 6.68. The summed E-state index contributed by atoms with van der Waals surface area (Å²) in [5.74, 6) is 1.13. The first-order chi connectivity index (χ1) is 14.1. The molecule has 0 aliphatic heterocycles. The lowest BCUT2D eigenvalue weighted by molar-refractivity contribution is 0.102.